The average Bonchev–Trinajstić information content (AvgIpc) is 3.09. The highest BCUT2D eigenvalue weighted by Crippen LogP contribution is 2.34. The third kappa shape index (κ3) is 8.70. The van der Waals surface area contributed by atoms with Crippen LogP contribution < -0.4 is 11.1 Å². The van der Waals surface area contributed by atoms with E-state index in [9.17, 15) is 71.2 Å². The first kappa shape index (κ1) is 41.4. The number of carbonyl (C=O) groups excluding carboxylic acids is 1. The van der Waals surface area contributed by atoms with E-state index < -0.39 is 161 Å². The van der Waals surface area contributed by atoms with Gasteiger partial charge in [0.05, 0.1) is 32.5 Å². The van der Waals surface area contributed by atoms with Crippen LogP contribution in [-0.4, -0.2) is 228 Å². The molecule has 0 aromatic carbocycles. The first-order valence-corrected chi connectivity index (χ1v) is 15.8. The summed E-state index contributed by atoms with van der Waals surface area (Å²) < 4.78 is 39.1. The monoisotopic (exact) mass is 736 g/mol. The number of carbonyl (C=O) groups is 1. The Morgan fingerprint density at radius 1 is 0.680 bits per heavy atom. The number of amides is 1. The van der Waals surface area contributed by atoms with Crippen LogP contribution in [-0.2, 0) is 38.0 Å². The van der Waals surface area contributed by atoms with E-state index in [1.807, 2.05) is 0 Å². The van der Waals surface area contributed by atoms with E-state index in [-0.39, 0.29) is 0 Å². The van der Waals surface area contributed by atoms with Gasteiger partial charge in [0, 0.05) is 6.92 Å². The number of hydrogen-bond acceptors (Lipinski definition) is 22. The third-order valence-corrected chi connectivity index (χ3v) is 9.00. The first-order valence-electron chi connectivity index (χ1n) is 15.8. The molecule has 4 aliphatic rings. The topological polar surface area (TPSA) is 383 Å². The van der Waals surface area contributed by atoms with Crippen molar-refractivity contribution >= 4 is 5.91 Å². The van der Waals surface area contributed by atoms with Gasteiger partial charge in [0.2, 0.25) is 5.91 Å². The van der Waals surface area contributed by atoms with Gasteiger partial charge in [-0.2, -0.15) is 0 Å². The van der Waals surface area contributed by atoms with Crippen molar-refractivity contribution in [1.29, 1.82) is 0 Å². The largest absolute Gasteiger partial charge is 0.394 e. The molecule has 1 amide bonds. The zero-order chi connectivity index (χ0) is 37.2. The maximum Gasteiger partial charge on any atom is 0.217 e. The van der Waals surface area contributed by atoms with Crippen molar-refractivity contribution in [3.63, 3.8) is 0 Å². The van der Waals surface area contributed by atoms with E-state index in [0.717, 1.165) is 6.92 Å². The summed E-state index contributed by atoms with van der Waals surface area (Å²) >= 11 is 0. The minimum Gasteiger partial charge on any atom is -0.394 e. The zero-order valence-corrected chi connectivity index (χ0v) is 26.6. The summed E-state index contributed by atoms with van der Waals surface area (Å²) in [6, 6.07) is -3.01. The van der Waals surface area contributed by atoms with E-state index >= 15 is 0 Å². The number of aliphatic hydroxyl groups is 13. The highest BCUT2D eigenvalue weighted by atomic mass is 16.8. The maximum atomic E-state index is 12.2. The Labute approximate surface area is 283 Å². The summed E-state index contributed by atoms with van der Waals surface area (Å²) in [6.07, 6.45) is -33.4. The van der Waals surface area contributed by atoms with Gasteiger partial charge in [-0.25, -0.2) is 0 Å². The maximum absolute atomic E-state index is 12.2. The molecule has 21 atom stereocenters. The van der Waals surface area contributed by atoms with E-state index in [2.05, 4.69) is 5.32 Å². The fourth-order valence-electron chi connectivity index (χ4n) is 6.09. The molecule has 4 saturated heterocycles. The minimum atomic E-state index is -2.03. The van der Waals surface area contributed by atoms with Crippen LogP contribution in [0.2, 0.25) is 0 Å². The number of ether oxygens (including phenoxy) is 7. The fourth-order valence-corrected chi connectivity index (χ4v) is 6.09. The Hall–Kier alpha value is -1.37. The molecule has 292 valence electrons. The molecule has 0 saturated carbocycles. The van der Waals surface area contributed by atoms with Crippen molar-refractivity contribution in [2.75, 3.05) is 26.4 Å². The highest BCUT2D eigenvalue weighted by Gasteiger charge is 2.55. The molecule has 4 aliphatic heterocycles. The van der Waals surface area contributed by atoms with Crippen LogP contribution in [0, 0.1) is 0 Å². The Kier molecular flexibility index (Phi) is 14.6. The predicted molar refractivity (Wildman–Crippen MR) is 153 cm³/mol. The number of aliphatic hydroxyl groups excluding tert-OH is 13. The summed E-state index contributed by atoms with van der Waals surface area (Å²) in [4.78, 5) is 12.2. The second kappa shape index (κ2) is 17.6. The van der Waals surface area contributed by atoms with Gasteiger partial charge in [0.1, 0.15) is 97.6 Å². The number of rotatable bonds is 12. The molecule has 16 N–H and O–H groups in total. The normalized spacial score (nSPS) is 49.3. The van der Waals surface area contributed by atoms with Crippen molar-refractivity contribution in [2.45, 2.75) is 136 Å². The van der Waals surface area contributed by atoms with Gasteiger partial charge in [-0.1, -0.05) is 0 Å². The number of hydrogen-bond donors (Lipinski definition) is 15. The fraction of sp³-hybridized carbons (Fsp3) is 0.963. The number of nitrogens with one attached hydrogen (secondary N) is 1. The van der Waals surface area contributed by atoms with E-state index in [4.69, 9.17) is 38.9 Å². The van der Waals surface area contributed by atoms with Gasteiger partial charge >= 0.3 is 0 Å². The van der Waals surface area contributed by atoms with Crippen molar-refractivity contribution in [2.24, 2.45) is 5.73 Å². The van der Waals surface area contributed by atoms with Gasteiger partial charge in [0.25, 0.3) is 0 Å². The molecule has 0 radical (unpaired) electrons. The van der Waals surface area contributed by atoms with Crippen LogP contribution >= 0.6 is 0 Å². The lowest BCUT2D eigenvalue weighted by molar-refractivity contribution is -0.377. The Bertz CT molecular complexity index is 1080. The third-order valence-electron chi connectivity index (χ3n) is 9.00. The van der Waals surface area contributed by atoms with E-state index in [1.54, 1.807) is 0 Å². The van der Waals surface area contributed by atoms with Crippen LogP contribution in [0.4, 0.5) is 0 Å². The number of nitrogens with two attached hydrogens (primary N) is 1. The van der Waals surface area contributed by atoms with Gasteiger partial charge in [-0.15, -0.1) is 0 Å². The van der Waals surface area contributed by atoms with Gasteiger partial charge in [-0.3, -0.25) is 4.79 Å². The van der Waals surface area contributed by atoms with E-state index in [1.165, 1.54) is 0 Å². The lowest BCUT2D eigenvalue weighted by Gasteiger charge is -2.49. The average molecular weight is 737 g/mol. The Morgan fingerprint density at radius 3 is 1.88 bits per heavy atom. The molecule has 4 fully saturated rings. The molecule has 0 aromatic rings. The summed E-state index contributed by atoms with van der Waals surface area (Å²) in [5, 5.41) is 136. The highest BCUT2D eigenvalue weighted by molar-refractivity contribution is 5.73. The molecule has 23 nitrogen and oxygen atoms in total. The molecule has 0 aliphatic carbocycles. The summed E-state index contributed by atoms with van der Waals surface area (Å²) in [7, 11) is 0. The molecule has 4 heterocycles. The molecule has 4 rings (SSSR count). The van der Waals surface area contributed by atoms with Crippen LogP contribution in [0.15, 0.2) is 0 Å². The van der Waals surface area contributed by atoms with Crippen molar-refractivity contribution in [1.82, 2.24) is 5.32 Å². The van der Waals surface area contributed by atoms with Crippen molar-refractivity contribution < 1.29 is 104 Å². The lowest BCUT2D eigenvalue weighted by atomic mass is 9.93. The summed E-state index contributed by atoms with van der Waals surface area (Å²) in [5.74, 6) is -0.765. The molecule has 0 aromatic heterocycles. The van der Waals surface area contributed by atoms with Gasteiger partial charge in [0.15, 0.2) is 25.2 Å². The molecular formula is C27H48N2O21. The van der Waals surface area contributed by atoms with Gasteiger partial charge < -0.3 is 111 Å². The quantitative estimate of drug-likeness (QED) is 0.0884. The second-order valence-corrected chi connectivity index (χ2v) is 12.5. The Balaban J connectivity index is 1.58. The SMILES string of the molecule is CC(=O)N[C@H]1[C@@H](O[C@@H]2[C@@H](OC[C@H]3O[C@H](O)[C@H](N)[C@@H](O)[C@@H]3O)O[C@H]([C@H](O)CO)[C@@H](O)[C@@H]2O)O[C@H](CO)[C@H](O[C@H]2O[C@H](CO)[C@@H](O)[C@H](O)[C@H]2O)[C@@H]1O. The van der Waals surface area contributed by atoms with Crippen molar-refractivity contribution in [3.8, 4) is 0 Å². The standard InChI is InChI=1S/C27H48N2O21/c1-6(33)29-12-16(38)22(49-26-20(42)17(39)13(35)8(3-31)46-26)9(4-32)47-25(12)50-23-19(41)18(40)21(7(34)2-30)48-27(23)44-5-10-14(36)15(37)11(28)24(43)45-10/h7-27,30-32,34-43H,2-5,28H2,1H3,(H,29,33)/t7-,8-,9-,10-,11-,12-,13-,14-,15-,16-,17+,18+,19+,20-,21-,22+,23+,24+,25-,26-,27+/m1/s1. The molecule has 0 bridgehead atoms. The van der Waals surface area contributed by atoms with Crippen LogP contribution in [0.25, 0.3) is 0 Å². The minimum absolute atomic E-state index is 0.700. The predicted octanol–water partition coefficient (Wildman–Crippen LogP) is -10.3. The first-order chi connectivity index (χ1) is 23.6. The molecule has 0 unspecified atom stereocenters. The van der Waals surface area contributed by atoms with Crippen molar-refractivity contribution in [3.05, 3.63) is 0 Å². The molecular weight excluding hydrogens is 688 g/mol. The van der Waals surface area contributed by atoms with Gasteiger partial charge in [-0.05, 0) is 0 Å². The second-order valence-electron chi connectivity index (χ2n) is 12.5. The smallest absolute Gasteiger partial charge is 0.217 e. The molecule has 0 spiro atoms. The van der Waals surface area contributed by atoms with Crippen LogP contribution in [0.1, 0.15) is 6.92 Å². The zero-order valence-electron chi connectivity index (χ0n) is 26.6. The Morgan fingerprint density at radius 2 is 1.28 bits per heavy atom. The summed E-state index contributed by atoms with van der Waals surface area (Å²) in [5.41, 5.74) is 5.59. The lowest BCUT2D eigenvalue weighted by Crippen LogP contribution is -2.69. The summed E-state index contributed by atoms with van der Waals surface area (Å²) in [6.45, 7) is -2.32. The molecule has 50 heavy (non-hydrogen) atoms. The van der Waals surface area contributed by atoms with E-state index in [0.29, 0.717) is 0 Å². The molecule has 23 heteroatoms. The van der Waals surface area contributed by atoms with Crippen LogP contribution in [0.3, 0.4) is 0 Å². The van der Waals surface area contributed by atoms with Crippen LogP contribution in [0.5, 0.6) is 0 Å².